The van der Waals surface area contributed by atoms with Gasteiger partial charge < -0.3 is 9.84 Å². The molecule has 0 saturated carbocycles. The van der Waals surface area contributed by atoms with E-state index in [0.29, 0.717) is 11.8 Å². The standard InChI is InChI=1S/C15H30O2/c1-11(2)5-7-13-9-14(8-6-12(3)4)15(16)17-10-13/h11-16H,5-10H2,1-4H3. The highest BCUT2D eigenvalue weighted by Gasteiger charge is 2.29. The maximum Gasteiger partial charge on any atom is 0.157 e. The fourth-order valence-electron chi connectivity index (χ4n) is 2.56. The van der Waals surface area contributed by atoms with Crippen molar-refractivity contribution in [2.45, 2.75) is 66.1 Å². The molecule has 1 saturated heterocycles. The molecular weight excluding hydrogens is 212 g/mol. The molecule has 0 aliphatic carbocycles. The van der Waals surface area contributed by atoms with Gasteiger partial charge in [-0.05, 0) is 37.0 Å². The van der Waals surface area contributed by atoms with Crippen LogP contribution in [-0.4, -0.2) is 18.0 Å². The van der Waals surface area contributed by atoms with Gasteiger partial charge in [0.25, 0.3) is 0 Å². The monoisotopic (exact) mass is 242 g/mol. The fraction of sp³-hybridized carbons (Fsp3) is 1.00. The van der Waals surface area contributed by atoms with Crippen LogP contribution < -0.4 is 0 Å². The van der Waals surface area contributed by atoms with Gasteiger partial charge in [0.1, 0.15) is 0 Å². The lowest BCUT2D eigenvalue weighted by Crippen LogP contribution is -2.34. The van der Waals surface area contributed by atoms with E-state index in [9.17, 15) is 5.11 Å². The fourth-order valence-corrected chi connectivity index (χ4v) is 2.56. The molecule has 102 valence electrons. The average Bonchev–Trinajstić information content (AvgIpc) is 2.26. The Hall–Kier alpha value is -0.0800. The van der Waals surface area contributed by atoms with Crippen LogP contribution >= 0.6 is 0 Å². The van der Waals surface area contributed by atoms with E-state index >= 15 is 0 Å². The van der Waals surface area contributed by atoms with E-state index < -0.39 is 6.29 Å². The average molecular weight is 242 g/mol. The van der Waals surface area contributed by atoms with Crippen molar-refractivity contribution in [1.82, 2.24) is 0 Å². The molecule has 0 aromatic carbocycles. The zero-order chi connectivity index (χ0) is 12.8. The Morgan fingerprint density at radius 1 is 1.06 bits per heavy atom. The first-order valence-corrected chi connectivity index (χ1v) is 7.28. The Bertz CT molecular complexity index is 201. The van der Waals surface area contributed by atoms with Gasteiger partial charge in [-0.3, -0.25) is 0 Å². The third-order valence-corrected chi connectivity index (χ3v) is 3.81. The van der Waals surface area contributed by atoms with E-state index in [-0.39, 0.29) is 0 Å². The maximum absolute atomic E-state index is 9.85. The largest absolute Gasteiger partial charge is 0.368 e. The lowest BCUT2D eigenvalue weighted by atomic mass is 9.84. The van der Waals surface area contributed by atoms with Gasteiger partial charge in [-0.2, -0.15) is 0 Å². The summed E-state index contributed by atoms with van der Waals surface area (Å²) in [4.78, 5) is 0. The number of hydrogen-bond donors (Lipinski definition) is 1. The quantitative estimate of drug-likeness (QED) is 0.767. The van der Waals surface area contributed by atoms with Crippen LogP contribution in [0.2, 0.25) is 0 Å². The molecule has 2 nitrogen and oxygen atoms in total. The second kappa shape index (κ2) is 7.38. The molecule has 0 amide bonds. The van der Waals surface area contributed by atoms with Crippen LogP contribution in [0.3, 0.4) is 0 Å². The molecular formula is C15H30O2. The van der Waals surface area contributed by atoms with Crippen LogP contribution in [0.4, 0.5) is 0 Å². The van der Waals surface area contributed by atoms with Gasteiger partial charge in [-0.1, -0.05) is 40.5 Å². The van der Waals surface area contributed by atoms with Crippen LogP contribution in [0.1, 0.15) is 59.8 Å². The van der Waals surface area contributed by atoms with Crippen molar-refractivity contribution in [1.29, 1.82) is 0 Å². The third kappa shape index (κ3) is 5.87. The second-order valence-corrected chi connectivity index (χ2v) is 6.53. The smallest absolute Gasteiger partial charge is 0.157 e. The molecule has 0 aromatic heterocycles. The highest BCUT2D eigenvalue weighted by Crippen LogP contribution is 2.31. The van der Waals surface area contributed by atoms with Gasteiger partial charge in [0.15, 0.2) is 6.29 Å². The molecule has 3 unspecified atom stereocenters. The summed E-state index contributed by atoms with van der Waals surface area (Å²) >= 11 is 0. The van der Waals surface area contributed by atoms with Gasteiger partial charge >= 0.3 is 0 Å². The first-order valence-electron chi connectivity index (χ1n) is 7.28. The van der Waals surface area contributed by atoms with Crippen LogP contribution in [-0.2, 0) is 4.74 Å². The zero-order valence-corrected chi connectivity index (χ0v) is 12.0. The van der Waals surface area contributed by atoms with Gasteiger partial charge in [0, 0.05) is 5.92 Å². The minimum absolute atomic E-state index is 0.364. The van der Waals surface area contributed by atoms with Crippen LogP contribution in [0.25, 0.3) is 0 Å². The Balaban J connectivity index is 2.31. The van der Waals surface area contributed by atoms with Crippen molar-refractivity contribution in [3.8, 4) is 0 Å². The van der Waals surface area contributed by atoms with Crippen LogP contribution in [0.15, 0.2) is 0 Å². The molecule has 1 heterocycles. The predicted octanol–water partition coefficient (Wildman–Crippen LogP) is 3.83. The summed E-state index contributed by atoms with van der Waals surface area (Å²) in [5.74, 6) is 2.52. The Morgan fingerprint density at radius 2 is 1.65 bits per heavy atom. The maximum atomic E-state index is 9.85. The molecule has 0 aromatic rings. The first kappa shape index (κ1) is 15.0. The lowest BCUT2D eigenvalue weighted by Gasteiger charge is -2.34. The molecule has 1 N–H and O–H groups in total. The number of aliphatic hydroxyl groups excluding tert-OH is 1. The molecule has 2 heteroatoms. The summed E-state index contributed by atoms with van der Waals surface area (Å²) in [6.07, 6.45) is 5.48. The Labute approximate surface area is 107 Å². The normalized spacial score (nSPS) is 30.2. The highest BCUT2D eigenvalue weighted by molar-refractivity contribution is 4.74. The molecule has 0 spiro atoms. The molecule has 1 rings (SSSR count). The first-order chi connectivity index (χ1) is 7.99. The SMILES string of the molecule is CC(C)CCC1COC(O)C(CCC(C)C)C1. The molecule has 3 atom stereocenters. The summed E-state index contributed by atoms with van der Waals surface area (Å²) in [6.45, 7) is 9.79. The van der Waals surface area contributed by atoms with Crippen LogP contribution in [0, 0.1) is 23.7 Å². The zero-order valence-electron chi connectivity index (χ0n) is 12.0. The topological polar surface area (TPSA) is 29.5 Å². The summed E-state index contributed by atoms with van der Waals surface area (Å²) in [5, 5.41) is 9.85. The second-order valence-electron chi connectivity index (χ2n) is 6.53. The van der Waals surface area contributed by atoms with Crippen molar-refractivity contribution in [2.75, 3.05) is 6.61 Å². The van der Waals surface area contributed by atoms with Crippen molar-refractivity contribution in [3.63, 3.8) is 0 Å². The number of hydrogen-bond acceptors (Lipinski definition) is 2. The van der Waals surface area contributed by atoms with E-state index in [0.717, 1.165) is 31.3 Å². The van der Waals surface area contributed by atoms with Gasteiger partial charge in [0.2, 0.25) is 0 Å². The minimum Gasteiger partial charge on any atom is -0.368 e. The summed E-state index contributed by atoms with van der Waals surface area (Å²) in [5.41, 5.74) is 0. The van der Waals surface area contributed by atoms with Crippen molar-refractivity contribution < 1.29 is 9.84 Å². The van der Waals surface area contributed by atoms with Crippen molar-refractivity contribution in [3.05, 3.63) is 0 Å². The van der Waals surface area contributed by atoms with Crippen LogP contribution in [0.5, 0.6) is 0 Å². The van der Waals surface area contributed by atoms with E-state index in [4.69, 9.17) is 4.74 Å². The van der Waals surface area contributed by atoms with Gasteiger partial charge in [-0.25, -0.2) is 0 Å². The summed E-state index contributed by atoms with van der Waals surface area (Å²) in [7, 11) is 0. The Morgan fingerprint density at radius 3 is 2.24 bits per heavy atom. The highest BCUT2D eigenvalue weighted by atomic mass is 16.6. The van der Waals surface area contributed by atoms with Gasteiger partial charge in [-0.15, -0.1) is 0 Å². The third-order valence-electron chi connectivity index (χ3n) is 3.81. The molecule has 1 fully saturated rings. The van der Waals surface area contributed by atoms with E-state index in [1.54, 1.807) is 0 Å². The van der Waals surface area contributed by atoms with Crippen molar-refractivity contribution in [2.24, 2.45) is 23.7 Å². The predicted molar refractivity (Wildman–Crippen MR) is 71.7 cm³/mol. The van der Waals surface area contributed by atoms with Gasteiger partial charge in [0.05, 0.1) is 6.61 Å². The summed E-state index contributed by atoms with van der Waals surface area (Å²) in [6, 6.07) is 0. The molecule has 1 aliphatic rings. The number of rotatable bonds is 6. The molecule has 0 bridgehead atoms. The number of aliphatic hydroxyl groups is 1. The lowest BCUT2D eigenvalue weighted by molar-refractivity contribution is -0.178. The summed E-state index contributed by atoms with van der Waals surface area (Å²) < 4.78 is 5.52. The molecule has 17 heavy (non-hydrogen) atoms. The Kier molecular flexibility index (Phi) is 6.50. The molecule has 0 radical (unpaired) electrons. The van der Waals surface area contributed by atoms with E-state index in [2.05, 4.69) is 27.7 Å². The minimum atomic E-state index is -0.510. The van der Waals surface area contributed by atoms with E-state index in [1.165, 1.54) is 19.3 Å². The van der Waals surface area contributed by atoms with Crippen molar-refractivity contribution >= 4 is 0 Å². The van der Waals surface area contributed by atoms with E-state index in [1.807, 2.05) is 0 Å². The molecule has 1 aliphatic heterocycles. The number of ether oxygens (including phenoxy) is 1.